The molecule has 0 fully saturated rings. The second kappa shape index (κ2) is 5.51. The maximum absolute atomic E-state index is 8.75. The molecule has 0 saturated carbocycles. The minimum Gasteiger partial charge on any atom is -0.394 e. The summed E-state index contributed by atoms with van der Waals surface area (Å²) < 4.78 is 1.61. The van der Waals surface area contributed by atoms with Crippen LogP contribution in [0.4, 0.5) is 0 Å². The van der Waals surface area contributed by atoms with Crippen molar-refractivity contribution in [2.45, 2.75) is 26.1 Å². The fourth-order valence-corrected chi connectivity index (χ4v) is 1.41. The lowest BCUT2D eigenvalue weighted by molar-refractivity contribution is 0.268. The molecule has 0 aliphatic rings. The van der Waals surface area contributed by atoms with E-state index in [1.54, 1.807) is 10.9 Å². The monoisotopic (exact) mass is 237 g/mol. The van der Waals surface area contributed by atoms with Crippen LogP contribution in [0.5, 0.6) is 0 Å². The summed E-state index contributed by atoms with van der Waals surface area (Å²) in [5.41, 5.74) is 0.824. The second-order valence-electron chi connectivity index (χ2n) is 3.67. The van der Waals surface area contributed by atoms with Crippen LogP contribution >= 0.6 is 0 Å². The lowest BCUT2D eigenvalue weighted by Crippen LogP contribution is -2.19. The molecule has 0 aliphatic carbocycles. The van der Waals surface area contributed by atoms with E-state index in [1.807, 2.05) is 6.92 Å². The van der Waals surface area contributed by atoms with Gasteiger partial charge in [0.15, 0.2) is 0 Å². The first-order valence-electron chi connectivity index (χ1n) is 5.38. The smallest absolute Gasteiger partial charge is 0.141 e. The van der Waals surface area contributed by atoms with Gasteiger partial charge in [0.05, 0.1) is 24.9 Å². The molecule has 2 rings (SSSR count). The molecule has 8 nitrogen and oxygen atoms in total. The Bertz CT molecular complexity index is 438. The van der Waals surface area contributed by atoms with E-state index in [0.717, 1.165) is 11.5 Å². The van der Waals surface area contributed by atoms with Crippen LogP contribution in [0.3, 0.4) is 0 Å². The van der Waals surface area contributed by atoms with Gasteiger partial charge in [-0.05, 0) is 6.92 Å². The van der Waals surface area contributed by atoms with Gasteiger partial charge in [-0.25, -0.2) is 9.67 Å². The van der Waals surface area contributed by atoms with Crippen molar-refractivity contribution in [3.05, 3.63) is 24.0 Å². The van der Waals surface area contributed by atoms with Crippen molar-refractivity contribution in [3.8, 4) is 0 Å². The number of aromatic amines is 1. The Morgan fingerprint density at radius 3 is 3.18 bits per heavy atom. The highest BCUT2D eigenvalue weighted by Crippen LogP contribution is 2.05. The predicted octanol–water partition coefficient (Wildman–Crippen LogP) is -0.761. The summed E-state index contributed by atoms with van der Waals surface area (Å²) in [6.07, 6.45) is 3.28. The molecular formula is C9H15N7O. The number of hydrogen-bond acceptors (Lipinski definition) is 6. The average Bonchev–Trinajstić information content (AvgIpc) is 2.97. The molecule has 0 bridgehead atoms. The van der Waals surface area contributed by atoms with Crippen LogP contribution in [0.2, 0.25) is 0 Å². The number of aromatic nitrogens is 6. The minimum absolute atomic E-state index is 0.0602. The molecule has 1 unspecified atom stereocenters. The zero-order valence-electron chi connectivity index (χ0n) is 9.54. The summed E-state index contributed by atoms with van der Waals surface area (Å²) in [4.78, 5) is 4.06. The van der Waals surface area contributed by atoms with Crippen LogP contribution < -0.4 is 5.32 Å². The third-order valence-corrected chi connectivity index (χ3v) is 2.35. The van der Waals surface area contributed by atoms with Gasteiger partial charge in [-0.2, -0.15) is 5.10 Å². The molecule has 0 aromatic carbocycles. The van der Waals surface area contributed by atoms with E-state index in [-0.39, 0.29) is 12.6 Å². The zero-order chi connectivity index (χ0) is 12.1. The molecule has 0 radical (unpaired) electrons. The Morgan fingerprint density at radius 1 is 1.59 bits per heavy atom. The van der Waals surface area contributed by atoms with Gasteiger partial charge in [0, 0.05) is 12.7 Å². The molecule has 2 heterocycles. The number of nitrogens with one attached hydrogen (secondary N) is 2. The van der Waals surface area contributed by atoms with Gasteiger partial charge in [0.25, 0.3) is 0 Å². The van der Waals surface area contributed by atoms with Crippen LogP contribution in [-0.4, -0.2) is 41.9 Å². The van der Waals surface area contributed by atoms with Crippen LogP contribution in [0.1, 0.15) is 24.5 Å². The molecule has 8 heteroatoms. The SMILES string of the molecule is CC(NCc1cn(CCO)nn1)c1ncn[nH]1. The van der Waals surface area contributed by atoms with Gasteiger partial charge in [-0.1, -0.05) is 5.21 Å². The van der Waals surface area contributed by atoms with Gasteiger partial charge < -0.3 is 10.4 Å². The predicted molar refractivity (Wildman–Crippen MR) is 58.7 cm³/mol. The topological polar surface area (TPSA) is 105 Å². The fourth-order valence-electron chi connectivity index (χ4n) is 1.41. The molecule has 3 N–H and O–H groups in total. The lowest BCUT2D eigenvalue weighted by atomic mass is 10.3. The quantitative estimate of drug-likeness (QED) is 0.610. The number of hydrogen-bond donors (Lipinski definition) is 3. The molecule has 92 valence electrons. The fraction of sp³-hybridized carbons (Fsp3) is 0.556. The van der Waals surface area contributed by atoms with Crippen LogP contribution in [-0.2, 0) is 13.1 Å². The Hall–Kier alpha value is -1.80. The third kappa shape index (κ3) is 3.08. The van der Waals surface area contributed by atoms with E-state index in [2.05, 4.69) is 30.8 Å². The van der Waals surface area contributed by atoms with Crippen molar-refractivity contribution in [3.63, 3.8) is 0 Å². The van der Waals surface area contributed by atoms with E-state index < -0.39 is 0 Å². The molecule has 0 spiro atoms. The summed E-state index contributed by atoms with van der Waals surface area (Å²) in [6.45, 7) is 3.10. The maximum Gasteiger partial charge on any atom is 0.141 e. The lowest BCUT2D eigenvalue weighted by Gasteiger charge is -2.08. The normalized spacial score (nSPS) is 12.8. The molecule has 0 saturated heterocycles. The second-order valence-corrected chi connectivity index (χ2v) is 3.67. The van der Waals surface area contributed by atoms with Crippen molar-refractivity contribution in [2.24, 2.45) is 0 Å². The van der Waals surface area contributed by atoms with E-state index in [4.69, 9.17) is 5.11 Å². The Balaban J connectivity index is 1.84. The standard InChI is InChI=1S/C9H15N7O/c1-7(9-11-6-12-14-9)10-4-8-5-16(2-3-17)15-13-8/h5-7,10,17H,2-4H2,1H3,(H,11,12,14). The molecule has 17 heavy (non-hydrogen) atoms. The van der Waals surface area contributed by atoms with Gasteiger partial charge in [-0.3, -0.25) is 5.10 Å². The first-order valence-corrected chi connectivity index (χ1v) is 5.38. The number of aliphatic hydroxyl groups excluding tert-OH is 1. The van der Waals surface area contributed by atoms with Crippen molar-refractivity contribution < 1.29 is 5.11 Å². The van der Waals surface area contributed by atoms with Crippen molar-refractivity contribution in [1.82, 2.24) is 35.5 Å². The van der Waals surface area contributed by atoms with Crippen LogP contribution in [0, 0.1) is 0 Å². The molecular weight excluding hydrogens is 222 g/mol. The third-order valence-electron chi connectivity index (χ3n) is 2.35. The summed E-state index contributed by atoms with van der Waals surface area (Å²) in [5.74, 6) is 0.785. The number of aliphatic hydroxyl groups is 1. The average molecular weight is 237 g/mol. The zero-order valence-corrected chi connectivity index (χ0v) is 9.54. The highest BCUT2D eigenvalue weighted by atomic mass is 16.3. The minimum atomic E-state index is 0.0602. The summed E-state index contributed by atoms with van der Waals surface area (Å²) in [5, 5.41) is 26.4. The van der Waals surface area contributed by atoms with Gasteiger partial charge >= 0.3 is 0 Å². The summed E-state index contributed by atoms with van der Waals surface area (Å²) in [7, 11) is 0. The Labute approximate surface area is 98.1 Å². The molecule has 0 aliphatic heterocycles. The van der Waals surface area contributed by atoms with Crippen molar-refractivity contribution in [1.29, 1.82) is 0 Å². The Morgan fingerprint density at radius 2 is 2.47 bits per heavy atom. The van der Waals surface area contributed by atoms with Crippen LogP contribution in [0.25, 0.3) is 0 Å². The van der Waals surface area contributed by atoms with Crippen molar-refractivity contribution >= 4 is 0 Å². The van der Waals surface area contributed by atoms with Crippen molar-refractivity contribution in [2.75, 3.05) is 6.61 Å². The number of rotatable bonds is 6. The van der Waals surface area contributed by atoms with E-state index in [0.29, 0.717) is 13.1 Å². The van der Waals surface area contributed by atoms with Crippen LogP contribution in [0.15, 0.2) is 12.5 Å². The number of nitrogens with zero attached hydrogens (tertiary/aromatic N) is 5. The molecule has 2 aromatic rings. The molecule has 1 atom stereocenters. The van der Waals surface area contributed by atoms with Gasteiger partial charge in [-0.15, -0.1) is 5.10 Å². The van der Waals surface area contributed by atoms with E-state index in [1.165, 1.54) is 6.33 Å². The van der Waals surface area contributed by atoms with Gasteiger partial charge in [0.1, 0.15) is 12.2 Å². The highest BCUT2D eigenvalue weighted by molar-refractivity contribution is 4.95. The summed E-state index contributed by atoms with van der Waals surface area (Å²) in [6, 6.07) is 0.0699. The number of H-pyrrole nitrogens is 1. The highest BCUT2D eigenvalue weighted by Gasteiger charge is 2.08. The largest absolute Gasteiger partial charge is 0.394 e. The molecule has 0 amide bonds. The summed E-state index contributed by atoms with van der Waals surface area (Å²) >= 11 is 0. The Kier molecular flexibility index (Phi) is 3.78. The first-order chi connectivity index (χ1) is 8.29. The molecule has 2 aromatic heterocycles. The maximum atomic E-state index is 8.75. The van der Waals surface area contributed by atoms with E-state index >= 15 is 0 Å². The first kappa shape index (κ1) is 11.7. The van der Waals surface area contributed by atoms with Gasteiger partial charge in [0.2, 0.25) is 0 Å². The van der Waals surface area contributed by atoms with E-state index in [9.17, 15) is 0 Å².